The molecule has 1 heterocycles. The Morgan fingerprint density at radius 3 is 2.71 bits per heavy atom. The molecule has 0 unspecified atom stereocenters. The van der Waals surface area contributed by atoms with Crippen molar-refractivity contribution >= 4 is 11.8 Å². The molecule has 98 valence electrons. The lowest BCUT2D eigenvalue weighted by Gasteiger charge is -2.13. The minimum Gasteiger partial charge on any atom is -0.383 e. The van der Waals surface area contributed by atoms with Crippen molar-refractivity contribution < 1.29 is 14.3 Å². The summed E-state index contributed by atoms with van der Waals surface area (Å²) in [5.74, 6) is 0.0618. The second kappa shape index (κ2) is 7.24. The zero-order valence-electron chi connectivity index (χ0n) is 10.4. The molecule has 0 aromatic rings. The first kappa shape index (κ1) is 13.9. The average Bonchev–Trinajstić information content (AvgIpc) is 2.73. The molecular weight excluding hydrogens is 222 g/mol. The third-order valence-electron chi connectivity index (χ3n) is 2.91. The van der Waals surface area contributed by atoms with Crippen LogP contribution in [0.25, 0.3) is 0 Å². The molecule has 1 aliphatic rings. The van der Waals surface area contributed by atoms with Crippen molar-refractivity contribution in [1.29, 1.82) is 0 Å². The molecule has 0 aromatic carbocycles. The van der Waals surface area contributed by atoms with Crippen molar-refractivity contribution in [3.8, 4) is 0 Å². The molecule has 17 heavy (non-hydrogen) atoms. The van der Waals surface area contributed by atoms with E-state index in [1.54, 1.807) is 7.11 Å². The smallest absolute Gasteiger partial charge is 0.239 e. The zero-order chi connectivity index (χ0) is 12.7. The number of ether oxygens (including phenoxy) is 1. The number of rotatable bonds is 6. The van der Waals surface area contributed by atoms with E-state index in [0.29, 0.717) is 25.6 Å². The molecule has 2 atom stereocenters. The maximum absolute atomic E-state index is 11.7. The normalized spacial score (nSPS) is 23.4. The van der Waals surface area contributed by atoms with E-state index in [9.17, 15) is 9.59 Å². The number of carbonyl (C=O) groups is 2. The molecule has 1 fully saturated rings. The highest BCUT2D eigenvalue weighted by molar-refractivity contribution is 5.86. The molecule has 0 radical (unpaired) electrons. The number of hydrogen-bond acceptors (Lipinski definition) is 4. The average molecular weight is 243 g/mol. The number of nitrogens with one attached hydrogen (secondary N) is 3. The SMILES string of the molecule is COCCNC(=O)CNC(=O)[C@@H]1CNC[C@H]1C. The van der Waals surface area contributed by atoms with Gasteiger partial charge in [0.15, 0.2) is 0 Å². The van der Waals surface area contributed by atoms with Gasteiger partial charge in [-0.3, -0.25) is 9.59 Å². The Kier molecular flexibility index (Phi) is 5.93. The second-order valence-electron chi connectivity index (χ2n) is 4.30. The molecule has 6 heteroatoms. The first-order valence-electron chi connectivity index (χ1n) is 5.89. The standard InChI is InChI=1S/C11H21N3O3/c1-8-5-12-6-9(8)11(16)14-7-10(15)13-3-4-17-2/h8-9,12H,3-7H2,1-2H3,(H,13,15)(H,14,16)/t8-,9-/m1/s1. The van der Waals surface area contributed by atoms with Crippen molar-refractivity contribution in [2.24, 2.45) is 11.8 Å². The van der Waals surface area contributed by atoms with Gasteiger partial charge in [0.05, 0.1) is 19.1 Å². The van der Waals surface area contributed by atoms with Gasteiger partial charge in [-0.15, -0.1) is 0 Å². The summed E-state index contributed by atoms with van der Waals surface area (Å²) >= 11 is 0. The Bertz CT molecular complexity index is 271. The minimum atomic E-state index is -0.186. The van der Waals surface area contributed by atoms with E-state index in [0.717, 1.165) is 6.54 Å². The van der Waals surface area contributed by atoms with Crippen LogP contribution >= 0.6 is 0 Å². The number of hydrogen-bond donors (Lipinski definition) is 3. The van der Waals surface area contributed by atoms with E-state index >= 15 is 0 Å². The van der Waals surface area contributed by atoms with Gasteiger partial charge in [0.1, 0.15) is 0 Å². The van der Waals surface area contributed by atoms with Gasteiger partial charge in [0.2, 0.25) is 11.8 Å². The van der Waals surface area contributed by atoms with E-state index < -0.39 is 0 Å². The van der Waals surface area contributed by atoms with Gasteiger partial charge < -0.3 is 20.7 Å². The van der Waals surface area contributed by atoms with Gasteiger partial charge in [-0.2, -0.15) is 0 Å². The Labute approximate surface area is 101 Å². The lowest BCUT2D eigenvalue weighted by Crippen LogP contribution is -2.41. The maximum atomic E-state index is 11.7. The van der Waals surface area contributed by atoms with Crippen molar-refractivity contribution in [2.75, 3.05) is 39.9 Å². The van der Waals surface area contributed by atoms with Gasteiger partial charge >= 0.3 is 0 Å². The largest absolute Gasteiger partial charge is 0.383 e. The van der Waals surface area contributed by atoms with Crippen molar-refractivity contribution in [2.45, 2.75) is 6.92 Å². The third-order valence-corrected chi connectivity index (χ3v) is 2.91. The van der Waals surface area contributed by atoms with E-state index in [2.05, 4.69) is 16.0 Å². The van der Waals surface area contributed by atoms with Gasteiger partial charge in [0.25, 0.3) is 0 Å². The summed E-state index contributed by atoms with van der Waals surface area (Å²) in [7, 11) is 1.57. The summed E-state index contributed by atoms with van der Waals surface area (Å²) in [5.41, 5.74) is 0. The van der Waals surface area contributed by atoms with Crippen LogP contribution in [0.3, 0.4) is 0 Å². The van der Waals surface area contributed by atoms with E-state index in [-0.39, 0.29) is 24.3 Å². The van der Waals surface area contributed by atoms with Crippen LogP contribution in [0, 0.1) is 11.8 Å². The van der Waals surface area contributed by atoms with E-state index in [1.165, 1.54) is 0 Å². The fourth-order valence-electron chi connectivity index (χ4n) is 1.81. The molecule has 0 spiro atoms. The van der Waals surface area contributed by atoms with Crippen LogP contribution in [0.4, 0.5) is 0 Å². The Hall–Kier alpha value is -1.14. The van der Waals surface area contributed by atoms with Gasteiger partial charge in [-0.25, -0.2) is 0 Å². The molecule has 6 nitrogen and oxygen atoms in total. The molecule has 1 saturated heterocycles. The molecule has 1 aliphatic heterocycles. The predicted octanol–water partition coefficient (Wildman–Crippen LogP) is -1.28. The molecule has 1 rings (SSSR count). The van der Waals surface area contributed by atoms with Crippen LogP contribution in [-0.2, 0) is 14.3 Å². The topological polar surface area (TPSA) is 79.5 Å². The highest BCUT2D eigenvalue weighted by atomic mass is 16.5. The highest BCUT2D eigenvalue weighted by Gasteiger charge is 2.29. The molecule has 0 aliphatic carbocycles. The number of amides is 2. The third kappa shape index (κ3) is 4.70. The molecule has 2 amide bonds. The predicted molar refractivity (Wildman–Crippen MR) is 63.4 cm³/mol. The van der Waals surface area contributed by atoms with Crippen LogP contribution in [0.5, 0.6) is 0 Å². The monoisotopic (exact) mass is 243 g/mol. The number of carbonyl (C=O) groups excluding carboxylic acids is 2. The van der Waals surface area contributed by atoms with Gasteiger partial charge in [0, 0.05) is 20.2 Å². The summed E-state index contributed by atoms with van der Waals surface area (Å²) < 4.78 is 4.80. The van der Waals surface area contributed by atoms with Crippen LogP contribution in [0.1, 0.15) is 6.92 Å². The summed E-state index contributed by atoms with van der Waals surface area (Å²) in [6.45, 7) is 4.56. The van der Waals surface area contributed by atoms with Gasteiger partial charge in [-0.05, 0) is 12.5 Å². The van der Waals surface area contributed by atoms with Crippen molar-refractivity contribution in [3.05, 3.63) is 0 Å². The van der Waals surface area contributed by atoms with Crippen LogP contribution in [0.2, 0.25) is 0 Å². The Morgan fingerprint density at radius 1 is 1.35 bits per heavy atom. The quantitative estimate of drug-likeness (QED) is 0.508. The van der Waals surface area contributed by atoms with Crippen LogP contribution in [-0.4, -0.2) is 51.7 Å². The van der Waals surface area contributed by atoms with E-state index in [1.807, 2.05) is 6.92 Å². The Balaban J connectivity index is 2.16. The first-order chi connectivity index (χ1) is 8.15. The number of methoxy groups -OCH3 is 1. The fourth-order valence-corrected chi connectivity index (χ4v) is 1.81. The zero-order valence-corrected chi connectivity index (χ0v) is 10.4. The molecule has 0 saturated carbocycles. The molecule has 0 bridgehead atoms. The lowest BCUT2D eigenvalue weighted by molar-refractivity contribution is -0.128. The van der Waals surface area contributed by atoms with Crippen molar-refractivity contribution in [1.82, 2.24) is 16.0 Å². The molecule has 3 N–H and O–H groups in total. The maximum Gasteiger partial charge on any atom is 0.239 e. The summed E-state index contributed by atoms with van der Waals surface area (Å²) in [4.78, 5) is 23.1. The lowest BCUT2D eigenvalue weighted by atomic mass is 9.97. The molecule has 0 aromatic heterocycles. The highest BCUT2D eigenvalue weighted by Crippen LogP contribution is 2.15. The first-order valence-corrected chi connectivity index (χ1v) is 5.89. The summed E-state index contributed by atoms with van der Waals surface area (Å²) in [5, 5.41) is 8.45. The molecular formula is C11H21N3O3. The van der Waals surface area contributed by atoms with Crippen molar-refractivity contribution in [3.63, 3.8) is 0 Å². The minimum absolute atomic E-state index is 0.0261. The fraction of sp³-hybridized carbons (Fsp3) is 0.818. The summed E-state index contributed by atoms with van der Waals surface area (Å²) in [6, 6.07) is 0. The van der Waals surface area contributed by atoms with Gasteiger partial charge in [-0.1, -0.05) is 6.92 Å². The summed E-state index contributed by atoms with van der Waals surface area (Å²) in [6.07, 6.45) is 0. The second-order valence-corrected chi connectivity index (χ2v) is 4.30. The van der Waals surface area contributed by atoms with Crippen LogP contribution in [0.15, 0.2) is 0 Å². The van der Waals surface area contributed by atoms with E-state index in [4.69, 9.17) is 4.74 Å². The van der Waals surface area contributed by atoms with Crippen LogP contribution < -0.4 is 16.0 Å². The Morgan fingerprint density at radius 2 is 2.12 bits per heavy atom.